The molecule has 0 saturated heterocycles. The Morgan fingerprint density at radius 3 is 2.89 bits per heavy atom. The molecule has 1 amide bonds. The molecule has 0 aliphatic heterocycles. The number of carbonyl (C=O) groups excluding carboxylic acids is 1. The molecule has 0 atom stereocenters. The summed E-state index contributed by atoms with van der Waals surface area (Å²) in [5.41, 5.74) is 0.368. The lowest BCUT2D eigenvalue weighted by molar-refractivity contribution is 0.0953. The lowest BCUT2D eigenvalue weighted by Crippen LogP contribution is -2.26. The quantitative estimate of drug-likeness (QED) is 0.868. The Hall–Kier alpha value is -1.66. The van der Waals surface area contributed by atoms with Crippen LogP contribution in [0.2, 0.25) is 10.2 Å². The largest absolute Gasteiger partial charge is 0.352 e. The van der Waals surface area contributed by atoms with Gasteiger partial charge in [0.05, 0.1) is 10.6 Å². The van der Waals surface area contributed by atoms with Crippen molar-refractivity contribution in [1.82, 2.24) is 25.1 Å². The molecule has 2 rings (SSSR count). The molecule has 1 N–H and O–H groups in total. The van der Waals surface area contributed by atoms with E-state index in [0.29, 0.717) is 18.5 Å². The molecule has 19 heavy (non-hydrogen) atoms. The van der Waals surface area contributed by atoms with Gasteiger partial charge < -0.3 is 9.88 Å². The predicted octanol–water partition coefficient (Wildman–Crippen LogP) is 1.49. The first-order chi connectivity index (χ1) is 9.08. The number of nitrogens with zero attached hydrogens (tertiary/aromatic N) is 4. The maximum atomic E-state index is 11.8. The minimum atomic E-state index is -0.256. The van der Waals surface area contributed by atoms with E-state index in [1.165, 1.54) is 12.3 Å². The van der Waals surface area contributed by atoms with E-state index in [2.05, 4.69) is 20.5 Å². The summed E-state index contributed by atoms with van der Waals surface area (Å²) in [5.74, 6) is 0.542. The zero-order chi connectivity index (χ0) is 13.8. The molecular weight excluding hydrogens is 289 g/mol. The fraction of sp³-hybridized carbons (Fsp3) is 0.273. The smallest absolute Gasteiger partial charge is 0.252 e. The fourth-order valence-electron chi connectivity index (χ4n) is 1.47. The molecule has 2 aromatic heterocycles. The lowest BCUT2D eigenvalue weighted by atomic mass is 10.2. The van der Waals surface area contributed by atoms with Crippen LogP contribution in [0.15, 0.2) is 18.6 Å². The molecule has 0 spiro atoms. The summed E-state index contributed by atoms with van der Waals surface area (Å²) in [4.78, 5) is 15.6. The number of aryl methyl sites for hydroxylation is 1. The van der Waals surface area contributed by atoms with Crippen molar-refractivity contribution in [1.29, 1.82) is 0 Å². The van der Waals surface area contributed by atoms with Crippen molar-refractivity contribution in [3.63, 3.8) is 0 Å². The molecule has 0 fully saturated rings. The Balaban J connectivity index is 1.91. The van der Waals surface area contributed by atoms with Gasteiger partial charge in [-0.05, 0) is 6.07 Å². The van der Waals surface area contributed by atoms with Crippen molar-refractivity contribution >= 4 is 29.1 Å². The first kappa shape index (κ1) is 13.8. The van der Waals surface area contributed by atoms with Crippen molar-refractivity contribution < 1.29 is 4.79 Å². The second-order valence-electron chi connectivity index (χ2n) is 3.86. The topological polar surface area (TPSA) is 72.7 Å². The normalized spacial score (nSPS) is 10.5. The Bertz CT molecular complexity index is 599. The Morgan fingerprint density at radius 1 is 1.47 bits per heavy atom. The molecule has 0 aliphatic carbocycles. The van der Waals surface area contributed by atoms with Crippen LogP contribution in [0.3, 0.4) is 0 Å². The van der Waals surface area contributed by atoms with Crippen LogP contribution < -0.4 is 5.32 Å². The molecule has 0 aromatic carbocycles. The van der Waals surface area contributed by atoms with Gasteiger partial charge in [0.15, 0.2) is 0 Å². The summed E-state index contributed by atoms with van der Waals surface area (Å²) in [6, 6.07) is 1.48. The number of carbonyl (C=O) groups is 1. The molecule has 0 saturated carbocycles. The summed E-state index contributed by atoms with van der Waals surface area (Å²) in [7, 11) is 1.85. The van der Waals surface area contributed by atoms with E-state index in [9.17, 15) is 4.79 Å². The summed E-state index contributed by atoms with van der Waals surface area (Å²) in [6.07, 6.45) is 3.59. The highest BCUT2D eigenvalue weighted by Gasteiger charge is 2.09. The molecule has 2 heterocycles. The highest BCUT2D eigenvalue weighted by atomic mass is 35.5. The predicted molar refractivity (Wildman–Crippen MR) is 71.3 cm³/mol. The number of pyridine rings is 1. The number of rotatable bonds is 4. The molecule has 0 unspecified atom stereocenters. The number of halogens is 2. The third kappa shape index (κ3) is 3.42. The average molecular weight is 300 g/mol. The molecular formula is C11H11Cl2N5O. The number of nitrogens with one attached hydrogen (secondary N) is 1. The van der Waals surface area contributed by atoms with Crippen molar-refractivity contribution in [2.45, 2.75) is 6.42 Å². The van der Waals surface area contributed by atoms with E-state index >= 15 is 0 Å². The van der Waals surface area contributed by atoms with E-state index < -0.39 is 0 Å². The van der Waals surface area contributed by atoms with Gasteiger partial charge >= 0.3 is 0 Å². The monoisotopic (exact) mass is 299 g/mol. The van der Waals surface area contributed by atoms with Crippen molar-refractivity contribution in [3.8, 4) is 0 Å². The highest BCUT2D eigenvalue weighted by Crippen LogP contribution is 2.19. The van der Waals surface area contributed by atoms with E-state index in [4.69, 9.17) is 23.2 Å². The molecule has 2 aromatic rings. The summed E-state index contributed by atoms with van der Waals surface area (Å²) < 4.78 is 1.80. The van der Waals surface area contributed by atoms with Crippen LogP contribution in [0, 0.1) is 0 Å². The van der Waals surface area contributed by atoms with Crippen LogP contribution in [0.25, 0.3) is 0 Å². The minimum Gasteiger partial charge on any atom is -0.352 e. The highest BCUT2D eigenvalue weighted by molar-refractivity contribution is 6.41. The standard InChI is InChI=1S/C11H11Cl2N5O/c1-18-6-16-17-9(18)2-3-14-11(19)7-4-8(12)10(13)15-5-7/h4-6H,2-3H2,1H3,(H,14,19). The summed E-state index contributed by atoms with van der Waals surface area (Å²) in [6.45, 7) is 0.450. The van der Waals surface area contributed by atoms with Gasteiger partial charge in [0.1, 0.15) is 17.3 Å². The number of amides is 1. The van der Waals surface area contributed by atoms with Gasteiger partial charge in [-0.25, -0.2) is 4.98 Å². The van der Waals surface area contributed by atoms with Crippen molar-refractivity contribution in [2.75, 3.05) is 6.54 Å². The second kappa shape index (κ2) is 5.99. The molecule has 0 bridgehead atoms. The Kier molecular flexibility index (Phi) is 4.34. The maximum Gasteiger partial charge on any atom is 0.252 e. The molecule has 8 heteroatoms. The van der Waals surface area contributed by atoms with E-state index in [1.54, 1.807) is 10.9 Å². The molecule has 0 aliphatic rings. The van der Waals surface area contributed by atoms with Gasteiger partial charge in [0.2, 0.25) is 0 Å². The van der Waals surface area contributed by atoms with Crippen LogP contribution in [0.1, 0.15) is 16.2 Å². The van der Waals surface area contributed by atoms with Crippen LogP contribution in [0.4, 0.5) is 0 Å². The first-order valence-corrected chi connectivity index (χ1v) is 6.25. The number of hydrogen-bond acceptors (Lipinski definition) is 4. The zero-order valence-electron chi connectivity index (χ0n) is 10.1. The average Bonchev–Trinajstić information content (AvgIpc) is 2.78. The number of hydrogen-bond donors (Lipinski definition) is 1. The third-order valence-corrected chi connectivity index (χ3v) is 3.18. The van der Waals surface area contributed by atoms with E-state index in [1.807, 2.05) is 7.05 Å². The summed E-state index contributed by atoms with van der Waals surface area (Å²) >= 11 is 11.5. The Morgan fingerprint density at radius 2 is 2.26 bits per heavy atom. The second-order valence-corrected chi connectivity index (χ2v) is 4.63. The van der Waals surface area contributed by atoms with Crippen LogP contribution in [-0.4, -0.2) is 32.2 Å². The molecule has 0 radical (unpaired) electrons. The van der Waals surface area contributed by atoms with Gasteiger partial charge in [0, 0.05) is 26.2 Å². The van der Waals surface area contributed by atoms with Gasteiger partial charge in [0.25, 0.3) is 5.91 Å². The lowest BCUT2D eigenvalue weighted by Gasteiger charge is -2.05. The van der Waals surface area contributed by atoms with E-state index in [-0.39, 0.29) is 16.1 Å². The van der Waals surface area contributed by atoms with Gasteiger partial charge in [-0.2, -0.15) is 0 Å². The van der Waals surface area contributed by atoms with Gasteiger partial charge in [-0.3, -0.25) is 4.79 Å². The third-order valence-electron chi connectivity index (χ3n) is 2.50. The van der Waals surface area contributed by atoms with Gasteiger partial charge in [-0.15, -0.1) is 10.2 Å². The molecule has 100 valence electrons. The van der Waals surface area contributed by atoms with Crippen molar-refractivity contribution in [3.05, 3.63) is 40.2 Å². The van der Waals surface area contributed by atoms with E-state index in [0.717, 1.165) is 5.82 Å². The zero-order valence-corrected chi connectivity index (χ0v) is 11.6. The number of aromatic nitrogens is 4. The first-order valence-electron chi connectivity index (χ1n) is 5.50. The fourth-order valence-corrected chi connectivity index (χ4v) is 1.74. The van der Waals surface area contributed by atoms with Crippen LogP contribution >= 0.6 is 23.2 Å². The SMILES string of the molecule is Cn1cnnc1CCNC(=O)c1cnc(Cl)c(Cl)c1. The maximum absolute atomic E-state index is 11.8. The van der Waals surface area contributed by atoms with Crippen LogP contribution in [-0.2, 0) is 13.5 Å². The molecule has 6 nitrogen and oxygen atoms in total. The Labute approximate surface area is 119 Å². The summed E-state index contributed by atoms with van der Waals surface area (Å²) in [5, 5.41) is 10.9. The van der Waals surface area contributed by atoms with Crippen molar-refractivity contribution in [2.24, 2.45) is 7.05 Å². The minimum absolute atomic E-state index is 0.178. The van der Waals surface area contributed by atoms with Gasteiger partial charge in [-0.1, -0.05) is 23.2 Å². The van der Waals surface area contributed by atoms with Crippen LogP contribution in [0.5, 0.6) is 0 Å².